The van der Waals surface area contributed by atoms with Crippen molar-refractivity contribution in [1.29, 1.82) is 0 Å². The predicted octanol–water partition coefficient (Wildman–Crippen LogP) is 1.28. The van der Waals surface area contributed by atoms with Gasteiger partial charge in [0.2, 0.25) is 0 Å². The van der Waals surface area contributed by atoms with E-state index in [-0.39, 0.29) is 17.1 Å². The van der Waals surface area contributed by atoms with Gasteiger partial charge in [-0.25, -0.2) is 0 Å². The number of hydrogen-bond acceptors (Lipinski definition) is 3. The lowest BCUT2D eigenvalue weighted by molar-refractivity contribution is 0.0995. The van der Waals surface area contributed by atoms with Crippen molar-refractivity contribution in [2.75, 3.05) is 6.61 Å². The normalized spacial score (nSPS) is 9.79. The number of carbonyl (C=O) groups excluding carboxylic acids is 1. The van der Waals surface area contributed by atoms with Gasteiger partial charge in [-0.3, -0.25) is 4.79 Å². The second-order valence-corrected chi connectivity index (χ2v) is 2.87. The van der Waals surface area contributed by atoms with E-state index in [2.05, 4.69) is 0 Å². The average molecular weight is 195 g/mol. The van der Waals surface area contributed by atoms with Gasteiger partial charge in [-0.15, -0.1) is 0 Å². The number of rotatable bonds is 4. The molecule has 0 fully saturated rings. The van der Waals surface area contributed by atoms with Crippen molar-refractivity contribution in [2.24, 2.45) is 5.73 Å². The van der Waals surface area contributed by atoms with E-state index in [0.717, 1.165) is 6.42 Å². The van der Waals surface area contributed by atoms with Gasteiger partial charge in [0.1, 0.15) is 0 Å². The number of ether oxygens (including phenoxy) is 1. The van der Waals surface area contributed by atoms with Crippen LogP contribution in [0.5, 0.6) is 11.5 Å². The first-order chi connectivity index (χ1) is 6.66. The number of benzene rings is 1. The number of nitrogens with two attached hydrogens (primary N) is 1. The van der Waals surface area contributed by atoms with Crippen LogP contribution < -0.4 is 10.5 Å². The number of phenolic OH excluding ortho intramolecular Hbond substituents is 1. The van der Waals surface area contributed by atoms with E-state index in [1.165, 1.54) is 12.1 Å². The van der Waals surface area contributed by atoms with E-state index >= 15 is 0 Å². The second-order valence-electron chi connectivity index (χ2n) is 2.87. The van der Waals surface area contributed by atoms with Gasteiger partial charge >= 0.3 is 0 Å². The molecule has 0 radical (unpaired) electrons. The number of aromatic hydroxyl groups is 1. The summed E-state index contributed by atoms with van der Waals surface area (Å²) in [5.74, 6) is -0.497. The van der Waals surface area contributed by atoms with Crippen molar-refractivity contribution >= 4 is 5.91 Å². The number of phenols is 1. The van der Waals surface area contributed by atoms with E-state index in [0.29, 0.717) is 6.61 Å². The molecule has 0 unspecified atom stereocenters. The van der Waals surface area contributed by atoms with E-state index < -0.39 is 5.91 Å². The first-order valence-electron chi connectivity index (χ1n) is 4.41. The Labute approximate surface area is 82.3 Å². The van der Waals surface area contributed by atoms with E-state index in [9.17, 15) is 9.90 Å². The lowest BCUT2D eigenvalue weighted by atomic mass is 10.2. The summed E-state index contributed by atoms with van der Waals surface area (Å²) in [7, 11) is 0. The molecular formula is C10H13NO3. The highest BCUT2D eigenvalue weighted by Crippen LogP contribution is 2.29. The molecule has 76 valence electrons. The molecule has 4 nitrogen and oxygen atoms in total. The highest BCUT2D eigenvalue weighted by molar-refractivity contribution is 5.96. The third kappa shape index (κ3) is 2.16. The van der Waals surface area contributed by atoms with Gasteiger partial charge in [-0.05, 0) is 18.6 Å². The molecule has 14 heavy (non-hydrogen) atoms. The lowest BCUT2D eigenvalue weighted by Gasteiger charge is -2.09. The fourth-order valence-corrected chi connectivity index (χ4v) is 1.07. The zero-order chi connectivity index (χ0) is 10.6. The Hall–Kier alpha value is -1.71. The fourth-order valence-electron chi connectivity index (χ4n) is 1.07. The van der Waals surface area contributed by atoms with Crippen LogP contribution in [0.1, 0.15) is 23.7 Å². The topological polar surface area (TPSA) is 72.6 Å². The molecule has 0 heterocycles. The van der Waals surface area contributed by atoms with Crippen molar-refractivity contribution < 1.29 is 14.6 Å². The summed E-state index contributed by atoms with van der Waals surface area (Å²) in [5, 5.41) is 9.43. The van der Waals surface area contributed by atoms with Crippen molar-refractivity contribution in [2.45, 2.75) is 13.3 Å². The molecule has 0 aliphatic heterocycles. The Kier molecular flexibility index (Phi) is 3.34. The van der Waals surface area contributed by atoms with Gasteiger partial charge in [0.25, 0.3) is 5.91 Å². The van der Waals surface area contributed by atoms with Crippen LogP contribution in [0.3, 0.4) is 0 Å². The maximum atomic E-state index is 11.0. The molecule has 0 aromatic heterocycles. The third-order valence-corrected chi connectivity index (χ3v) is 1.71. The predicted molar refractivity (Wildman–Crippen MR) is 52.4 cm³/mol. The monoisotopic (exact) mass is 195 g/mol. The molecule has 0 saturated carbocycles. The van der Waals surface area contributed by atoms with Gasteiger partial charge in [0.05, 0.1) is 12.2 Å². The van der Waals surface area contributed by atoms with E-state index in [1.807, 2.05) is 6.92 Å². The summed E-state index contributed by atoms with van der Waals surface area (Å²) in [6, 6.07) is 4.53. The molecule has 0 atom stereocenters. The quantitative estimate of drug-likeness (QED) is 0.760. The highest BCUT2D eigenvalue weighted by atomic mass is 16.5. The summed E-state index contributed by atoms with van der Waals surface area (Å²) >= 11 is 0. The molecule has 1 rings (SSSR count). The van der Waals surface area contributed by atoms with Crippen LogP contribution in [-0.4, -0.2) is 17.6 Å². The van der Waals surface area contributed by atoms with Gasteiger partial charge < -0.3 is 15.6 Å². The minimum absolute atomic E-state index is 0.0604. The number of primary amides is 1. The molecule has 1 amide bonds. The van der Waals surface area contributed by atoms with Gasteiger partial charge in [-0.1, -0.05) is 13.0 Å². The minimum atomic E-state index is -0.605. The molecule has 0 aliphatic carbocycles. The number of carbonyl (C=O) groups is 1. The van der Waals surface area contributed by atoms with Crippen LogP contribution in [-0.2, 0) is 0 Å². The third-order valence-electron chi connectivity index (χ3n) is 1.71. The zero-order valence-corrected chi connectivity index (χ0v) is 7.99. The van der Waals surface area contributed by atoms with Gasteiger partial charge in [0.15, 0.2) is 11.5 Å². The summed E-state index contributed by atoms with van der Waals surface area (Å²) < 4.78 is 5.23. The molecule has 0 aliphatic rings. The molecule has 3 N–H and O–H groups in total. The Morgan fingerprint density at radius 2 is 2.29 bits per heavy atom. The van der Waals surface area contributed by atoms with Gasteiger partial charge in [0, 0.05) is 0 Å². The van der Waals surface area contributed by atoms with Crippen LogP contribution in [0.15, 0.2) is 18.2 Å². The summed E-state index contributed by atoms with van der Waals surface area (Å²) in [4.78, 5) is 11.0. The SMILES string of the molecule is CCCOc1c(O)cccc1C(N)=O. The smallest absolute Gasteiger partial charge is 0.252 e. The summed E-state index contributed by atoms with van der Waals surface area (Å²) in [6.45, 7) is 2.38. The largest absolute Gasteiger partial charge is 0.504 e. The fraction of sp³-hybridized carbons (Fsp3) is 0.300. The maximum absolute atomic E-state index is 11.0. The highest BCUT2D eigenvalue weighted by Gasteiger charge is 2.12. The van der Waals surface area contributed by atoms with Crippen LogP contribution in [0, 0.1) is 0 Å². The van der Waals surface area contributed by atoms with Crippen molar-refractivity contribution in [1.82, 2.24) is 0 Å². The van der Waals surface area contributed by atoms with Crippen LogP contribution in [0.2, 0.25) is 0 Å². The van der Waals surface area contributed by atoms with Crippen LogP contribution in [0.25, 0.3) is 0 Å². The van der Waals surface area contributed by atoms with Crippen molar-refractivity contribution in [3.63, 3.8) is 0 Å². The molecule has 1 aromatic carbocycles. The Bertz CT molecular complexity index is 336. The molecular weight excluding hydrogens is 182 g/mol. The number of amides is 1. The lowest BCUT2D eigenvalue weighted by Crippen LogP contribution is -2.13. The van der Waals surface area contributed by atoms with Crippen LogP contribution >= 0.6 is 0 Å². The molecule has 1 aromatic rings. The van der Waals surface area contributed by atoms with E-state index in [1.54, 1.807) is 6.07 Å². The molecule has 0 spiro atoms. The summed E-state index contributed by atoms with van der Waals surface area (Å²) in [6.07, 6.45) is 0.798. The molecule has 0 saturated heterocycles. The maximum Gasteiger partial charge on any atom is 0.252 e. The summed E-state index contributed by atoms with van der Waals surface area (Å²) in [5.41, 5.74) is 5.33. The molecule has 0 bridgehead atoms. The Morgan fingerprint density at radius 1 is 1.57 bits per heavy atom. The number of hydrogen-bond donors (Lipinski definition) is 2. The van der Waals surface area contributed by atoms with Gasteiger partial charge in [-0.2, -0.15) is 0 Å². The number of para-hydroxylation sites is 1. The molecule has 4 heteroatoms. The Balaban J connectivity index is 3.02. The van der Waals surface area contributed by atoms with E-state index in [4.69, 9.17) is 10.5 Å². The minimum Gasteiger partial charge on any atom is -0.504 e. The van der Waals surface area contributed by atoms with Crippen LogP contribution in [0.4, 0.5) is 0 Å². The van der Waals surface area contributed by atoms with Crippen molar-refractivity contribution in [3.8, 4) is 11.5 Å². The first kappa shape index (κ1) is 10.4. The Morgan fingerprint density at radius 3 is 2.86 bits per heavy atom. The first-order valence-corrected chi connectivity index (χ1v) is 4.41. The standard InChI is InChI=1S/C10H13NO3/c1-2-6-14-9-7(10(11)13)4-3-5-8(9)12/h3-5,12H,2,6H2,1H3,(H2,11,13). The second kappa shape index (κ2) is 4.50. The van der Waals surface area contributed by atoms with Crippen molar-refractivity contribution in [3.05, 3.63) is 23.8 Å². The average Bonchev–Trinajstić information content (AvgIpc) is 2.15. The zero-order valence-electron chi connectivity index (χ0n) is 7.99.